The summed E-state index contributed by atoms with van der Waals surface area (Å²) in [5, 5.41) is 17.3. The molecule has 2 amide bonds. The molecule has 0 aromatic rings. The number of carboxylic acid groups (broad SMARTS) is 1. The van der Waals surface area contributed by atoms with E-state index < -0.39 is 24.0 Å². The van der Waals surface area contributed by atoms with Crippen molar-refractivity contribution in [3.8, 4) is 0 Å². The van der Waals surface area contributed by atoms with E-state index >= 15 is 0 Å². The van der Waals surface area contributed by atoms with Crippen LogP contribution in [0.5, 0.6) is 0 Å². The smallest absolute Gasteiger partial charge is 0.320 e. The van der Waals surface area contributed by atoms with E-state index in [1.807, 2.05) is 0 Å². The molecule has 1 fully saturated rings. The average molecular weight is 304 g/mol. The second kappa shape index (κ2) is 10.1. The van der Waals surface area contributed by atoms with Crippen molar-refractivity contribution < 1.29 is 24.6 Å². The molecule has 1 heterocycles. The lowest BCUT2D eigenvalue weighted by atomic mass is 10.1. The number of unbranched alkanes of at least 4 members (excludes halogenated alkanes) is 1. The summed E-state index contributed by atoms with van der Waals surface area (Å²) in [6, 6.07) is -0.716. The Morgan fingerprint density at radius 2 is 2.00 bits per heavy atom. The third-order valence-corrected chi connectivity index (χ3v) is 2.83. The highest BCUT2D eigenvalue weighted by molar-refractivity contribution is 5.85. The van der Waals surface area contributed by atoms with E-state index in [1.54, 1.807) is 0 Å². The van der Waals surface area contributed by atoms with Gasteiger partial charge in [0.15, 0.2) is 0 Å². The molecule has 2 unspecified atom stereocenters. The Kier molecular flexibility index (Phi) is 9.26. The number of hydrogen-bond acceptors (Lipinski definition) is 6. The Labute approximate surface area is 123 Å². The summed E-state index contributed by atoms with van der Waals surface area (Å²) >= 11 is 0. The second-order valence-corrected chi connectivity index (χ2v) is 4.83. The summed E-state index contributed by atoms with van der Waals surface area (Å²) in [5.41, 5.74) is 15.3. The van der Waals surface area contributed by atoms with Gasteiger partial charge in [0.1, 0.15) is 6.04 Å². The van der Waals surface area contributed by atoms with Crippen molar-refractivity contribution in [2.45, 2.75) is 37.8 Å². The van der Waals surface area contributed by atoms with Gasteiger partial charge >= 0.3 is 5.97 Å². The summed E-state index contributed by atoms with van der Waals surface area (Å²) in [4.78, 5) is 32.6. The number of primary amides is 1. The third-order valence-electron chi connectivity index (χ3n) is 2.83. The minimum absolute atomic E-state index is 0.0874. The van der Waals surface area contributed by atoms with E-state index in [-0.39, 0.29) is 25.4 Å². The molecule has 0 radical (unpaired) electrons. The zero-order chi connectivity index (χ0) is 16.4. The molecule has 2 atom stereocenters. The number of aliphatic hydroxyl groups is 1. The van der Waals surface area contributed by atoms with Gasteiger partial charge in [0.25, 0.3) is 0 Å². The molecular weight excluding hydrogens is 280 g/mol. The number of rotatable bonds is 7. The van der Waals surface area contributed by atoms with Crippen molar-refractivity contribution in [3.63, 3.8) is 0 Å². The van der Waals surface area contributed by atoms with Crippen molar-refractivity contribution in [2.75, 3.05) is 19.6 Å². The molecule has 0 aromatic heterocycles. The first-order valence-corrected chi connectivity index (χ1v) is 6.70. The SMILES string of the molecule is NC(=O)CN1CC(O)CC1=O.NCCCCC(N)C(=O)O. The zero-order valence-corrected chi connectivity index (χ0v) is 11.9. The monoisotopic (exact) mass is 304 g/mol. The maximum Gasteiger partial charge on any atom is 0.320 e. The Hall–Kier alpha value is -1.71. The maximum absolute atomic E-state index is 10.9. The zero-order valence-electron chi connectivity index (χ0n) is 11.9. The maximum atomic E-state index is 10.9. The van der Waals surface area contributed by atoms with Gasteiger partial charge in [-0.2, -0.15) is 0 Å². The molecule has 122 valence electrons. The number of aliphatic hydroxyl groups excluding tert-OH is 1. The van der Waals surface area contributed by atoms with Crippen LogP contribution in [0.1, 0.15) is 25.7 Å². The molecule has 9 heteroatoms. The van der Waals surface area contributed by atoms with Gasteiger partial charge in [0.05, 0.1) is 19.1 Å². The lowest BCUT2D eigenvalue weighted by molar-refractivity contribution is -0.138. The highest BCUT2D eigenvalue weighted by atomic mass is 16.4. The fourth-order valence-electron chi connectivity index (χ4n) is 1.72. The van der Waals surface area contributed by atoms with Gasteiger partial charge in [-0.05, 0) is 19.4 Å². The lowest BCUT2D eigenvalue weighted by Gasteiger charge is -2.11. The quantitative estimate of drug-likeness (QED) is 0.326. The van der Waals surface area contributed by atoms with E-state index in [4.69, 9.17) is 27.4 Å². The molecule has 0 aromatic carbocycles. The van der Waals surface area contributed by atoms with Crippen molar-refractivity contribution in [3.05, 3.63) is 0 Å². The average Bonchev–Trinajstić information content (AvgIpc) is 2.67. The largest absolute Gasteiger partial charge is 0.480 e. The first-order valence-electron chi connectivity index (χ1n) is 6.70. The molecule has 21 heavy (non-hydrogen) atoms. The molecule has 1 aliphatic rings. The number of amides is 2. The van der Waals surface area contributed by atoms with E-state index in [0.29, 0.717) is 13.0 Å². The van der Waals surface area contributed by atoms with Crippen LogP contribution in [-0.4, -0.2) is 64.7 Å². The number of β-amino-alcohol motifs (C(OH)–C–C–N with tert-alkyl or cyclic N) is 1. The van der Waals surface area contributed by atoms with Crippen molar-refractivity contribution in [1.82, 2.24) is 4.90 Å². The molecule has 0 saturated carbocycles. The van der Waals surface area contributed by atoms with Crippen LogP contribution in [-0.2, 0) is 14.4 Å². The van der Waals surface area contributed by atoms with Crippen molar-refractivity contribution in [2.24, 2.45) is 17.2 Å². The summed E-state index contributed by atoms with van der Waals surface area (Å²) < 4.78 is 0. The molecule has 1 saturated heterocycles. The van der Waals surface area contributed by atoms with Crippen LogP contribution >= 0.6 is 0 Å². The van der Waals surface area contributed by atoms with Crippen LogP contribution in [0.4, 0.5) is 0 Å². The highest BCUT2D eigenvalue weighted by Gasteiger charge is 2.28. The summed E-state index contributed by atoms with van der Waals surface area (Å²) in [7, 11) is 0. The fraction of sp³-hybridized carbons (Fsp3) is 0.750. The summed E-state index contributed by atoms with van der Waals surface area (Å²) in [6.45, 7) is 0.740. The fourth-order valence-corrected chi connectivity index (χ4v) is 1.72. The molecule has 8 N–H and O–H groups in total. The number of aliphatic carboxylic acids is 1. The minimum Gasteiger partial charge on any atom is -0.480 e. The standard InChI is InChI=1S/C6H10N2O3.C6H14N2O2/c7-5(10)3-8-2-4(9)1-6(8)11;7-4-2-1-3-5(8)6(9)10/h4,9H,1-3H2,(H2,7,10);5H,1-4,7-8H2,(H,9,10). The lowest BCUT2D eigenvalue weighted by Crippen LogP contribution is -2.35. The molecule has 0 aliphatic carbocycles. The van der Waals surface area contributed by atoms with Crippen LogP contribution in [0.3, 0.4) is 0 Å². The van der Waals surface area contributed by atoms with E-state index in [9.17, 15) is 14.4 Å². The molecule has 0 spiro atoms. The van der Waals surface area contributed by atoms with Gasteiger partial charge in [-0.3, -0.25) is 14.4 Å². The van der Waals surface area contributed by atoms with Crippen LogP contribution in [0, 0.1) is 0 Å². The number of hydrogen-bond donors (Lipinski definition) is 5. The number of nitrogens with two attached hydrogens (primary N) is 3. The Balaban J connectivity index is 0.000000384. The van der Waals surface area contributed by atoms with Crippen LogP contribution in [0.15, 0.2) is 0 Å². The van der Waals surface area contributed by atoms with Gasteiger partial charge < -0.3 is 32.3 Å². The number of carboxylic acids is 1. The molecular formula is C12H24N4O5. The Morgan fingerprint density at radius 3 is 2.38 bits per heavy atom. The third kappa shape index (κ3) is 8.95. The first kappa shape index (κ1) is 19.3. The van der Waals surface area contributed by atoms with E-state index in [0.717, 1.165) is 12.8 Å². The minimum atomic E-state index is -0.933. The van der Waals surface area contributed by atoms with Gasteiger partial charge in [-0.25, -0.2) is 0 Å². The van der Waals surface area contributed by atoms with E-state index in [1.165, 1.54) is 4.90 Å². The summed E-state index contributed by atoms with van der Waals surface area (Å²) in [5.74, 6) is -1.69. The molecule has 0 bridgehead atoms. The topological polar surface area (TPSA) is 173 Å². The Bertz CT molecular complexity index is 364. The predicted octanol–water partition coefficient (Wildman–Crippen LogP) is -2.41. The van der Waals surface area contributed by atoms with E-state index in [2.05, 4.69) is 0 Å². The van der Waals surface area contributed by atoms with Crippen LogP contribution in [0.2, 0.25) is 0 Å². The summed E-state index contributed by atoms with van der Waals surface area (Å²) in [6.07, 6.45) is 1.63. The van der Waals surface area contributed by atoms with Gasteiger partial charge in [0, 0.05) is 6.54 Å². The molecule has 1 rings (SSSR count). The van der Waals surface area contributed by atoms with Gasteiger partial charge in [0.2, 0.25) is 11.8 Å². The van der Waals surface area contributed by atoms with Crippen LogP contribution < -0.4 is 17.2 Å². The normalized spacial score (nSPS) is 18.9. The number of likely N-dealkylation sites (tertiary alicyclic amines) is 1. The van der Waals surface area contributed by atoms with Crippen molar-refractivity contribution in [1.29, 1.82) is 0 Å². The first-order chi connectivity index (χ1) is 9.77. The van der Waals surface area contributed by atoms with Crippen molar-refractivity contribution >= 4 is 17.8 Å². The highest BCUT2D eigenvalue weighted by Crippen LogP contribution is 2.09. The predicted molar refractivity (Wildman–Crippen MR) is 74.9 cm³/mol. The second-order valence-electron chi connectivity index (χ2n) is 4.83. The van der Waals surface area contributed by atoms with Gasteiger partial charge in [-0.15, -0.1) is 0 Å². The number of carbonyl (C=O) groups is 3. The number of nitrogens with zero attached hydrogens (tertiary/aromatic N) is 1. The van der Waals surface area contributed by atoms with Gasteiger partial charge in [-0.1, -0.05) is 6.42 Å². The molecule has 9 nitrogen and oxygen atoms in total. The van der Waals surface area contributed by atoms with Crippen LogP contribution in [0.25, 0.3) is 0 Å². The molecule has 1 aliphatic heterocycles. The number of carbonyl (C=O) groups excluding carboxylic acids is 2. The Morgan fingerprint density at radius 1 is 1.38 bits per heavy atom.